The third kappa shape index (κ3) is 2.91. The van der Waals surface area contributed by atoms with Crippen molar-refractivity contribution in [1.82, 2.24) is 0 Å². The van der Waals surface area contributed by atoms with Gasteiger partial charge in [-0.15, -0.1) is 0 Å². The SMILES string of the molecule is COc1cc(C=CCO)cc2c1O[C@H](C(C)(C)O)C2. The lowest BCUT2D eigenvalue weighted by molar-refractivity contribution is -0.0235. The fourth-order valence-corrected chi connectivity index (χ4v) is 2.18. The molecule has 1 aliphatic heterocycles. The highest BCUT2D eigenvalue weighted by atomic mass is 16.5. The molecule has 0 bridgehead atoms. The van der Waals surface area contributed by atoms with Crippen LogP contribution in [-0.2, 0) is 6.42 Å². The van der Waals surface area contributed by atoms with E-state index in [-0.39, 0.29) is 12.7 Å². The van der Waals surface area contributed by atoms with E-state index in [4.69, 9.17) is 14.6 Å². The summed E-state index contributed by atoms with van der Waals surface area (Å²) < 4.78 is 11.1. The molecule has 2 N–H and O–H groups in total. The molecule has 0 unspecified atom stereocenters. The standard InChI is InChI=1S/C15H20O4/c1-15(2,17)13-9-11-7-10(5-4-6-16)8-12(18-3)14(11)19-13/h4-5,7-8,13,16-17H,6,9H2,1-3H3/t13-/m0/s1. The van der Waals surface area contributed by atoms with Gasteiger partial charge in [0.25, 0.3) is 0 Å². The molecule has 104 valence electrons. The molecule has 0 amide bonds. The summed E-state index contributed by atoms with van der Waals surface area (Å²) in [6.45, 7) is 3.48. The Bertz CT molecular complexity index is 486. The molecule has 19 heavy (non-hydrogen) atoms. The number of methoxy groups -OCH3 is 1. The molecule has 0 aliphatic carbocycles. The van der Waals surface area contributed by atoms with Crippen LogP contribution in [0.3, 0.4) is 0 Å². The molecule has 1 aliphatic rings. The van der Waals surface area contributed by atoms with E-state index in [0.717, 1.165) is 11.1 Å². The van der Waals surface area contributed by atoms with E-state index in [9.17, 15) is 5.11 Å². The van der Waals surface area contributed by atoms with Crippen LogP contribution in [0, 0.1) is 0 Å². The van der Waals surface area contributed by atoms with E-state index < -0.39 is 5.60 Å². The van der Waals surface area contributed by atoms with Gasteiger partial charge in [0.1, 0.15) is 6.10 Å². The highest BCUT2D eigenvalue weighted by molar-refractivity contribution is 5.60. The average molecular weight is 264 g/mol. The quantitative estimate of drug-likeness (QED) is 0.870. The first-order valence-corrected chi connectivity index (χ1v) is 6.33. The van der Waals surface area contributed by atoms with Gasteiger partial charge in [-0.25, -0.2) is 0 Å². The smallest absolute Gasteiger partial charge is 0.165 e. The van der Waals surface area contributed by atoms with Crippen molar-refractivity contribution in [3.05, 3.63) is 29.3 Å². The Kier molecular flexibility index (Phi) is 3.83. The van der Waals surface area contributed by atoms with Crippen LogP contribution < -0.4 is 9.47 Å². The van der Waals surface area contributed by atoms with E-state index in [1.165, 1.54) is 0 Å². The summed E-state index contributed by atoms with van der Waals surface area (Å²) in [4.78, 5) is 0. The van der Waals surface area contributed by atoms with Crippen molar-refractivity contribution < 1.29 is 19.7 Å². The number of aliphatic hydroxyl groups excluding tert-OH is 1. The van der Waals surface area contributed by atoms with Gasteiger partial charge in [-0.1, -0.05) is 12.2 Å². The summed E-state index contributed by atoms with van der Waals surface area (Å²) in [5.74, 6) is 1.36. The van der Waals surface area contributed by atoms with Crippen LogP contribution >= 0.6 is 0 Å². The molecule has 1 aromatic carbocycles. The van der Waals surface area contributed by atoms with Crippen molar-refractivity contribution >= 4 is 6.08 Å². The Balaban J connectivity index is 2.35. The molecule has 0 fully saturated rings. The number of aliphatic hydroxyl groups is 2. The zero-order valence-corrected chi connectivity index (χ0v) is 11.5. The van der Waals surface area contributed by atoms with Crippen LogP contribution in [0.1, 0.15) is 25.0 Å². The summed E-state index contributed by atoms with van der Waals surface area (Å²) in [5.41, 5.74) is 1.07. The van der Waals surface area contributed by atoms with Gasteiger partial charge in [-0.3, -0.25) is 0 Å². The second-order valence-electron chi connectivity index (χ2n) is 5.26. The van der Waals surface area contributed by atoms with Gasteiger partial charge in [-0.05, 0) is 31.5 Å². The predicted octanol–water partition coefficient (Wildman–Crippen LogP) is 1.78. The van der Waals surface area contributed by atoms with Gasteiger partial charge in [-0.2, -0.15) is 0 Å². The maximum Gasteiger partial charge on any atom is 0.165 e. The lowest BCUT2D eigenvalue weighted by Gasteiger charge is -2.24. The maximum absolute atomic E-state index is 10.1. The second-order valence-corrected chi connectivity index (χ2v) is 5.26. The maximum atomic E-state index is 10.1. The van der Waals surface area contributed by atoms with Crippen LogP contribution in [-0.4, -0.2) is 35.6 Å². The van der Waals surface area contributed by atoms with Crippen molar-refractivity contribution in [2.75, 3.05) is 13.7 Å². The Morgan fingerprint density at radius 2 is 2.21 bits per heavy atom. The highest BCUT2D eigenvalue weighted by Crippen LogP contribution is 2.41. The van der Waals surface area contributed by atoms with E-state index in [0.29, 0.717) is 17.9 Å². The molecule has 0 saturated heterocycles. The largest absolute Gasteiger partial charge is 0.493 e. The normalized spacial score (nSPS) is 18.5. The van der Waals surface area contributed by atoms with Crippen LogP contribution in [0.4, 0.5) is 0 Å². The Morgan fingerprint density at radius 1 is 1.47 bits per heavy atom. The molecule has 2 rings (SSSR count). The first kappa shape index (κ1) is 13.9. The minimum Gasteiger partial charge on any atom is -0.493 e. The first-order chi connectivity index (χ1) is 8.95. The lowest BCUT2D eigenvalue weighted by Crippen LogP contribution is -2.39. The highest BCUT2D eigenvalue weighted by Gasteiger charge is 2.36. The third-order valence-electron chi connectivity index (χ3n) is 3.24. The van der Waals surface area contributed by atoms with Crippen molar-refractivity contribution in [2.45, 2.75) is 32.0 Å². The number of ether oxygens (including phenoxy) is 2. The average Bonchev–Trinajstić information content (AvgIpc) is 2.79. The van der Waals surface area contributed by atoms with E-state index in [1.54, 1.807) is 27.0 Å². The number of hydrogen-bond donors (Lipinski definition) is 2. The number of fused-ring (bicyclic) bond motifs is 1. The molecule has 4 nitrogen and oxygen atoms in total. The summed E-state index contributed by atoms with van der Waals surface area (Å²) >= 11 is 0. The topological polar surface area (TPSA) is 58.9 Å². The van der Waals surface area contributed by atoms with Gasteiger partial charge in [0.05, 0.1) is 19.3 Å². The Morgan fingerprint density at radius 3 is 2.79 bits per heavy atom. The van der Waals surface area contributed by atoms with E-state index in [2.05, 4.69) is 0 Å². The molecule has 0 radical (unpaired) electrons. The summed E-state index contributed by atoms with van der Waals surface area (Å²) in [6.07, 6.45) is 3.88. The van der Waals surface area contributed by atoms with Crippen molar-refractivity contribution in [3.63, 3.8) is 0 Å². The number of benzene rings is 1. The van der Waals surface area contributed by atoms with Gasteiger partial charge < -0.3 is 19.7 Å². The van der Waals surface area contributed by atoms with E-state index >= 15 is 0 Å². The second kappa shape index (κ2) is 5.23. The van der Waals surface area contributed by atoms with Gasteiger partial charge in [0.15, 0.2) is 11.5 Å². The number of rotatable bonds is 4. The third-order valence-corrected chi connectivity index (χ3v) is 3.24. The van der Waals surface area contributed by atoms with Gasteiger partial charge in [0.2, 0.25) is 0 Å². The minimum absolute atomic E-state index is 0.00218. The zero-order chi connectivity index (χ0) is 14.0. The van der Waals surface area contributed by atoms with Crippen molar-refractivity contribution in [2.24, 2.45) is 0 Å². The van der Waals surface area contributed by atoms with Gasteiger partial charge in [0, 0.05) is 12.0 Å². The lowest BCUT2D eigenvalue weighted by atomic mass is 9.96. The first-order valence-electron chi connectivity index (χ1n) is 6.33. The fourth-order valence-electron chi connectivity index (χ4n) is 2.18. The predicted molar refractivity (Wildman–Crippen MR) is 73.5 cm³/mol. The Hall–Kier alpha value is -1.52. The number of hydrogen-bond acceptors (Lipinski definition) is 4. The molecule has 0 saturated carbocycles. The molecule has 0 spiro atoms. The molecule has 4 heteroatoms. The van der Waals surface area contributed by atoms with Crippen molar-refractivity contribution in [1.29, 1.82) is 0 Å². The van der Waals surface area contributed by atoms with Crippen LogP contribution in [0.2, 0.25) is 0 Å². The van der Waals surface area contributed by atoms with Crippen LogP contribution in [0.15, 0.2) is 18.2 Å². The van der Waals surface area contributed by atoms with E-state index in [1.807, 2.05) is 18.2 Å². The minimum atomic E-state index is -0.898. The molecule has 0 aromatic heterocycles. The van der Waals surface area contributed by atoms with Crippen LogP contribution in [0.5, 0.6) is 11.5 Å². The summed E-state index contributed by atoms with van der Waals surface area (Å²) in [5, 5.41) is 18.9. The summed E-state index contributed by atoms with van der Waals surface area (Å²) in [6, 6.07) is 3.85. The monoisotopic (exact) mass is 264 g/mol. The molecule has 1 heterocycles. The molecule has 1 aromatic rings. The van der Waals surface area contributed by atoms with Crippen LogP contribution in [0.25, 0.3) is 6.08 Å². The summed E-state index contributed by atoms with van der Waals surface area (Å²) in [7, 11) is 1.59. The Labute approximate surface area is 113 Å². The zero-order valence-electron chi connectivity index (χ0n) is 11.5. The van der Waals surface area contributed by atoms with Gasteiger partial charge >= 0.3 is 0 Å². The molecular formula is C15H20O4. The molecular weight excluding hydrogens is 244 g/mol. The van der Waals surface area contributed by atoms with Crippen molar-refractivity contribution in [3.8, 4) is 11.5 Å². The fraction of sp³-hybridized carbons (Fsp3) is 0.467. The molecule has 1 atom stereocenters.